The third kappa shape index (κ3) is 2.61. The summed E-state index contributed by atoms with van der Waals surface area (Å²) in [6.45, 7) is 4.29. The van der Waals surface area contributed by atoms with Gasteiger partial charge in [0, 0.05) is 17.7 Å². The summed E-state index contributed by atoms with van der Waals surface area (Å²) in [7, 11) is 0. The lowest BCUT2D eigenvalue weighted by atomic mass is 10.1. The van der Waals surface area contributed by atoms with Crippen LogP contribution in [0.5, 0.6) is 5.75 Å². The van der Waals surface area contributed by atoms with Crippen LogP contribution in [0.25, 0.3) is 0 Å². The molecule has 1 heterocycles. The Morgan fingerprint density at radius 1 is 1.45 bits per heavy atom. The summed E-state index contributed by atoms with van der Waals surface area (Å²) in [4.78, 5) is 26.0. The highest BCUT2D eigenvalue weighted by atomic mass is 16.5. The minimum atomic E-state index is -0.510. The number of ether oxygens (including phenoxy) is 1. The van der Waals surface area contributed by atoms with E-state index in [2.05, 4.69) is 0 Å². The molecule has 5 heteroatoms. The van der Waals surface area contributed by atoms with Crippen molar-refractivity contribution in [3.8, 4) is 5.75 Å². The maximum atomic E-state index is 12.5. The molecule has 0 spiro atoms. The van der Waals surface area contributed by atoms with Crippen LogP contribution in [0.2, 0.25) is 0 Å². The van der Waals surface area contributed by atoms with Crippen LogP contribution < -0.4 is 0 Å². The monoisotopic (exact) mass is 277 g/mol. The van der Waals surface area contributed by atoms with Crippen LogP contribution >= 0.6 is 0 Å². The van der Waals surface area contributed by atoms with Crippen molar-refractivity contribution in [3.05, 3.63) is 29.3 Å². The Hall–Kier alpha value is -2.04. The van der Waals surface area contributed by atoms with Crippen LogP contribution in [0.3, 0.4) is 0 Å². The topological polar surface area (TPSA) is 66.8 Å². The Bertz CT molecular complexity index is 527. The fourth-order valence-corrected chi connectivity index (χ4v) is 2.50. The van der Waals surface area contributed by atoms with E-state index in [0.29, 0.717) is 30.7 Å². The van der Waals surface area contributed by atoms with E-state index in [0.717, 1.165) is 6.42 Å². The Kier molecular flexibility index (Phi) is 4.27. The van der Waals surface area contributed by atoms with Gasteiger partial charge in [-0.05, 0) is 38.8 Å². The number of phenols is 1. The number of carbonyl (C=O) groups excluding carboxylic acids is 2. The van der Waals surface area contributed by atoms with Crippen LogP contribution in [0.4, 0.5) is 0 Å². The zero-order chi connectivity index (χ0) is 14.7. The van der Waals surface area contributed by atoms with Crippen molar-refractivity contribution in [2.24, 2.45) is 0 Å². The molecule has 1 N–H and O–H groups in total. The number of hydrogen-bond acceptors (Lipinski definition) is 4. The van der Waals surface area contributed by atoms with E-state index >= 15 is 0 Å². The second kappa shape index (κ2) is 5.94. The molecular weight excluding hydrogens is 258 g/mol. The number of aromatic hydroxyl groups is 1. The smallest absolute Gasteiger partial charge is 0.328 e. The van der Waals surface area contributed by atoms with Crippen molar-refractivity contribution < 1.29 is 19.4 Å². The lowest BCUT2D eigenvalue weighted by molar-refractivity contribution is -0.147. The number of phenolic OH excluding ortho intramolecular Hbond substituents is 1. The molecular formula is C15H19NO4. The molecule has 2 rings (SSSR count). The summed E-state index contributed by atoms with van der Waals surface area (Å²) in [5, 5.41) is 9.69. The maximum absolute atomic E-state index is 12.5. The Labute approximate surface area is 118 Å². The van der Waals surface area contributed by atoms with Crippen molar-refractivity contribution in [1.29, 1.82) is 0 Å². The maximum Gasteiger partial charge on any atom is 0.328 e. The molecule has 1 atom stereocenters. The van der Waals surface area contributed by atoms with E-state index in [1.165, 1.54) is 0 Å². The molecule has 0 bridgehead atoms. The molecule has 1 aliphatic heterocycles. The van der Waals surface area contributed by atoms with E-state index in [4.69, 9.17) is 4.74 Å². The molecule has 1 unspecified atom stereocenters. The predicted octanol–water partition coefficient (Wildman–Crippen LogP) is 1.87. The molecule has 1 fully saturated rings. The lowest BCUT2D eigenvalue weighted by Crippen LogP contribution is -2.41. The van der Waals surface area contributed by atoms with Gasteiger partial charge < -0.3 is 14.7 Å². The average molecular weight is 277 g/mol. The molecule has 1 amide bonds. The van der Waals surface area contributed by atoms with Gasteiger partial charge in [-0.3, -0.25) is 4.79 Å². The van der Waals surface area contributed by atoms with Gasteiger partial charge in [0.15, 0.2) is 0 Å². The summed E-state index contributed by atoms with van der Waals surface area (Å²) in [5.41, 5.74) is 0.966. The predicted molar refractivity (Wildman–Crippen MR) is 73.5 cm³/mol. The van der Waals surface area contributed by atoms with Crippen LogP contribution in [0.1, 0.15) is 35.7 Å². The van der Waals surface area contributed by atoms with Crippen LogP contribution in [-0.4, -0.2) is 41.1 Å². The van der Waals surface area contributed by atoms with Gasteiger partial charge in [-0.1, -0.05) is 6.07 Å². The van der Waals surface area contributed by atoms with Gasteiger partial charge in [-0.2, -0.15) is 0 Å². The molecule has 0 radical (unpaired) electrons. The third-order valence-electron chi connectivity index (χ3n) is 3.61. The second-order valence-corrected chi connectivity index (χ2v) is 4.86. The summed E-state index contributed by atoms with van der Waals surface area (Å²) in [5.74, 6) is -0.493. The highest BCUT2D eigenvalue weighted by Crippen LogP contribution is 2.25. The van der Waals surface area contributed by atoms with Crippen molar-refractivity contribution >= 4 is 11.9 Å². The van der Waals surface area contributed by atoms with Gasteiger partial charge in [-0.15, -0.1) is 0 Å². The first-order chi connectivity index (χ1) is 9.56. The largest absolute Gasteiger partial charge is 0.508 e. The first-order valence-electron chi connectivity index (χ1n) is 6.82. The standard InChI is InChI=1S/C15H19NO4/c1-3-20-15(19)12-7-5-9-16(12)14(18)11-6-4-8-13(17)10(11)2/h4,6,8,12,17H,3,5,7,9H2,1-2H3. The summed E-state index contributed by atoms with van der Waals surface area (Å²) in [6.07, 6.45) is 1.41. The van der Waals surface area contributed by atoms with E-state index in [1.807, 2.05) is 0 Å². The molecule has 1 saturated heterocycles. The summed E-state index contributed by atoms with van der Waals surface area (Å²) < 4.78 is 5.01. The van der Waals surface area contributed by atoms with Crippen molar-refractivity contribution in [2.75, 3.05) is 13.2 Å². The zero-order valence-corrected chi connectivity index (χ0v) is 11.8. The van der Waals surface area contributed by atoms with E-state index < -0.39 is 6.04 Å². The minimum absolute atomic E-state index is 0.0859. The Morgan fingerprint density at radius 3 is 2.90 bits per heavy atom. The lowest BCUT2D eigenvalue weighted by Gasteiger charge is -2.24. The zero-order valence-electron chi connectivity index (χ0n) is 11.8. The molecule has 108 valence electrons. The van der Waals surface area contributed by atoms with Gasteiger partial charge >= 0.3 is 5.97 Å². The van der Waals surface area contributed by atoms with Crippen LogP contribution in [0, 0.1) is 6.92 Å². The fourth-order valence-electron chi connectivity index (χ4n) is 2.50. The van der Waals surface area contributed by atoms with Crippen molar-refractivity contribution in [2.45, 2.75) is 32.7 Å². The van der Waals surface area contributed by atoms with Crippen molar-refractivity contribution in [1.82, 2.24) is 4.90 Å². The normalized spacial score (nSPS) is 18.1. The highest BCUT2D eigenvalue weighted by Gasteiger charge is 2.36. The summed E-state index contributed by atoms with van der Waals surface area (Å²) >= 11 is 0. The molecule has 0 aromatic heterocycles. The molecule has 1 aromatic carbocycles. The SMILES string of the molecule is CCOC(=O)C1CCCN1C(=O)c1cccc(O)c1C. The van der Waals surface area contributed by atoms with Gasteiger partial charge in [0.1, 0.15) is 11.8 Å². The number of likely N-dealkylation sites (tertiary alicyclic amines) is 1. The van der Waals surface area contributed by atoms with Crippen LogP contribution in [0.15, 0.2) is 18.2 Å². The van der Waals surface area contributed by atoms with Gasteiger partial charge in [0.05, 0.1) is 6.61 Å². The number of esters is 1. The average Bonchev–Trinajstić information content (AvgIpc) is 2.91. The van der Waals surface area contributed by atoms with E-state index in [-0.39, 0.29) is 17.6 Å². The first-order valence-corrected chi connectivity index (χ1v) is 6.82. The number of rotatable bonds is 3. The number of carbonyl (C=O) groups is 2. The molecule has 1 aliphatic rings. The fraction of sp³-hybridized carbons (Fsp3) is 0.467. The van der Waals surface area contributed by atoms with Gasteiger partial charge in [0.2, 0.25) is 0 Å². The number of benzene rings is 1. The molecule has 1 aromatic rings. The van der Waals surface area contributed by atoms with Gasteiger partial charge in [0.25, 0.3) is 5.91 Å². The quantitative estimate of drug-likeness (QED) is 0.856. The van der Waals surface area contributed by atoms with Crippen LogP contribution in [-0.2, 0) is 9.53 Å². The van der Waals surface area contributed by atoms with E-state index in [9.17, 15) is 14.7 Å². The molecule has 20 heavy (non-hydrogen) atoms. The van der Waals surface area contributed by atoms with Gasteiger partial charge in [-0.25, -0.2) is 4.79 Å². The van der Waals surface area contributed by atoms with Crippen molar-refractivity contribution in [3.63, 3.8) is 0 Å². The number of nitrogens with zero attached hydrogens (tertiary/aromatic N) is 1. The molecule has 5 nitrogen and oxygen atoms in total. The third-order valence-corrected chi connectivity index (χ3v) is 3.61. The second-order valence-electron chi connectivity index (χ2n) is 4.86. The first kappa shape index (κ1) is 14.4. The van der Waals surface area contributed by atoms with E-state index in [1.54, 1.807) is 36.9 Å². The Morgan fingerprint density at radius 2 is 2.20 bits per heavy atom. The minimum Gasteiger partial charge on any atom is -0.508 e. The molecule has 0 saturated carbocycles. The number of hydrogen-bond donors (Lipinski definition) is 1. The number of amides is 1. The summed E-state index contributed by atoms with van der Waals surface area (Å²) in [6, 6.07) is 4.33. The highest BCUT2D eigenvalue weighted by molar-refractivity contribution is 5.98. The molecule has 0 aliphatic carbocycles. The Balaban J connectivity index is 2.23.